The molecule has 0 fully saturated rings. The first-order valence-electron chi connectivity index (χ1n) is 12.0. The van der Waals surface area contributed by atoms with Gasteiger partial charge in [-0.2, -0.15) is 0 Å². The van der Waals surface area contributed by atoms with Gasteiger partial charge in [0.1, 0.15) is 18.1 Å². The molecule has 1 aromatic heterocycles. The topological polar surface area (TPSA) is 187 Å². The number of aromatic amines is 1. The fourth-order valence-electron chi connectivity index (χ4n) is 3.70. The number of para-hydroxylation sites is 1. The molecule has 11 nitrogen and oxygen atoms in total. The van der Waals surface area contributed by atoms with Crippen LogP contribution in [0.3, 0.4) is 0 Å². The van der Waals surface area contributed by atoms with E-state index in [-0.39, 0.29) is 18.3 Å². The number of fused-ring (bicyclic) bond motifs is 1. The minimum atomic E-state index is -1.51. The molecular formula is C25H37N5O6. The Morgan fingerprint density at radius 2 is 1.61 bits per heavy atom. The number of carbonyl (C=O) groups excluding carboxylic acids is 3. The molecule has 2 aromatic rings. The van der Waals surface area contributed by atoms with Crippen molar-refractivity contribution in [1.82, 2.24) is 20.9 Å². The second-order valence-corrected chi connectivity index (χ2v) is 9.35. The van der Waals surface area contributed by atoms with E-state index in [1.165, 1.54) is 0 Å². The van der Waals surface area contributed by atoms with E-state index in [1.54, 1.807) is 27.0 Å². The van der Waals surface area contributed by atoms with Gasteiger partial charge in [0.25, 0.3) is 0 Å². The average molecular weight is 504 g/mol. The van der Waals surface area contributed by atoms with Crippen LogP contribution in [0.25, 0.3) is 10.9 Å². The highest BCUT2D eigenvalue weighted by Gasteiger charge is 2.33. The van der Waals surface area contributed by atoms with Crippen molar-refractivity contribution in [2.24, 2.45) is 17.6 Å². The molecule has 0 unspecified atom stereocenters. The summed E-state index contributed by atoms with van der Waals surface area (Å²) < 4.78 is 0. The lowest BCUT2D eigenvalue weighted by atomic mass is 9.96. The molecule has 1 heterocycles. The summed E-state index contributed by atoms with van der Waals surface area (Å²) in [5.41, 5.74) is 7.66. The number of aliphatic hydroxyl groups is 1. The number of carboxylic acid groups (broad SMARTS) is 1. The highest BCUT2D eigenvalue weighted by Crippen LogP contribution is 2.20. The Morgan fingerprint density at radius 3 is 2.19 bits per heavy atom. The van der Waals surface area contributed by atoms with Crippen molar-refractivity contribution in [1.29, 1.82) is 0 Å². The maximum atomic E-state index is 13.4. The lowest BCUT2D eigenvalue weighted by molar-refractivity contribution is -0.143. The van der Waals surface area contributed by atoms with Crippen LogP contribution in [-0.4, -0.2) is 69.7 Å². The number of carbonyl (C=O) groups is 4. The van der Waals surface area contributed by atoms with Crippen LogP contribution < -0.4 is 21.7 Å². The van der Waals surface area contributed by atoms with Crippen molar-refractivity contribution < 1.29 is 29.4 Å². The van der Waals surface area contributed by atoms with E-state index in [2.05, 4.69) is 20.9 Å². The summed E-state index contributed by atoms with van der Waals surface area (Å²) >= 11 is 0. The third-order valence-electron chi connectivity index (χ3n) is 6.34. The van der Waals surface area contributed by atoms with Crippen LogP contribution in [0, 0.1) is 11.8 Å². The third-order valence-corrected chi connectivity index (χ3v) is 6.34. The van der Waals surface area contributed by atoms with Crippen LogP contribution in [0.5, 0.6) is 0 Å². The summed E-state index contributed by atoms with van der Waals surface area (Å²) in [6.45, 7) is 6.35. The molecule has 0 aliphatic carbocycles. The molecule has 1 aromatic carbocycles. The number of aliphatic carboxylic acids is 1. The van der Waals surface area contributed by atoms with E-state index in [9.17, 15) is 29.4 Å². The van der Waals surface area contributed by atoms with Gasteiger partial charge in [-0.1, -0.05) is 52.3 Å². The number of aromatic nitrogens is 1. The first kappa shape index (κ1) is 28.8. The Balaban J connectivity index is 2.32. The fourth-order valence-corrected chi connectivity index (χ4v) is 3.70. The Morgan fingerprint density at radius 1 is 0.972 bits per heavy atom. The van der Waals surface area contributed by atoms with Gasteiger partial charge < -0.3 is 36.9 Å². The predicted octanol–water partition coefficient (Wildman–Crippen LogP) is 0.271. The SMILES string of the molecule is CC[C@H](C)[C@H](NC(=O)[C@H](Cc1c[nH]c2ccccc12)NC(=O)[C@@H](N)C(C)C)C(=O)N[C@@H](CO)C(=O)O. The van der Waals surface area contributed by atoms with Crippen LogP contribution in [-0.2, 0) is 25.6 Å². The number of amides is 3. The maximum absolute atomic E-state index is 13.4. The van der Waals surface area contributed by atoms with Gasteiger partial charge in [-0.25, -0.2) is 4.79 Å². The first-order valence-corrected chi connectivity index (χ1v) is 12.0. The summed E-state index contributed by atoms with van der Waals surface area (Å²) in [6, 6.07) is 3.06. The summed E-state index contributed by atoms with van der Waals surface area (Å²) in [5.74, 6) is -3.76. The molecule has 198 valence electrons. The van der Waals surface area contributed by atoms with Crippen molar-refractivity contribution in [3.63, 3.8) is 0 Å². The van der Waals surface area contributed by atoms with E-state index in [0.717, 1.165) is 16.5 Å². The van der Waals surface area contributed by atoms with Crippen LogP contribution in [0.2, 0.25) is 0 Å². The van der Waals surface area contributed by atoms with Crippen molar-refractivity contribution in [2.75, 3.05) is 6.61 Å². The van der Waals surface area contributed by atoms with E-state index in [0.29, 0.717) is 6.42 Å². The highest BCUT2D eigenvalue weighted by atomic mass is 16.4. The number of hydrogen-bond donors (Lipinski definition) is 7. The van der Waals surface area contributed by atoms with Crippen molar-refractivity contribution in [3.8, 4) is 0 Å². The largest absolute Gasteiger partial charge is 0.480 e. The smallest absolute Gasteiger partial charge is 0.328 e. The zero-order valence-electron chi connectivity index (χ0n) is 21.1. The van der Waals surface area contributed by atoms with Gasteiger partial charge in [-0.15, -0.1) is 0 Å². The second kappa shape index (κ2) is 13.0. The monoisotopic (exact) mass is 503 g/mol. The summed E-state index contributed by atoms with van der Waals surface area (Å²) in [7, 11) is 0. The molecule has 0 saturated heterocycles. The Bertz CT molecular complexity index is 1070. The number of nitrogens with one attached hydrogen (secondary N) is 4. The number of aliphatic hydroxyl groups excluding tert-OH is 1. The van der Waals surface area contributed by atoms with Crippen LogP contribution in [0.15, 0.2) is 30.5 Å². The van der Waals surface area contributed by atoms with Gasteiger partial charge in [0.05, 0.1) is 12.6 Å². The summed E-state index contributed by atoms with van der Waals surface area (Å²) in [4.78, 5) is 53.5. The molecule has 8 N–H and O–H groups in total. The molecule has 3 amide bonds. The number of carboxylic acids is 1. The molecule has 36 heavy (non-hydrogen) atoms. The summed E-state index contributed by atoms with van der Waals surface area (Å²) in [5, 5.41) is 27.0. The normalized spacial score (nSPS) is 15.5. The van der Waals surface area contributed by atoms with E-state index in [1.807, 2.05) is 31.2 Å². The van der Waals surface area contributed by atoms with Gasteiger partial charge in [0, 0.05) is 23.5 Å². The number of H-pyrrole nitrogens is 1. The quantitative estimate of drug-likeness (QED) is 0.204. The lowest BCUT2D eigenvalue weighted by Crippen LogP contribution is -2.59. The molecule has 0 saturated carbocycles. The predicted molar refractivity (Wildman–Crippen MR) is 135 cm³/mol. The van der Waals surface area contributed by atoms with Crippen molar-refractivity contribution >= 4 is 34.6 Å². The molecule has 0 spiro atoms. The Labute approximate surface area is 210 Å². The van der Waals surface area contributed by atoms with E-state index >= 15 is 0 Å². The van der Waals surface area contributed by atoms with E-state index < -0.39 is 54.5 Å². The third kappa shape index (κ3) is 7.28. The molecule has 0 radical (unpaired) electrons. The number of benzene rings is 1. The first-order chi connectivity index (χ1) is 17.0. The maximum Gasteiger partial charge on any atom is 0.328 e. The van der Waals surface area contributed by atoms with Gasteiger partial charge in [0.15, 0.2) is 0 Å². The number of rotatable bonds is 13. The van der Waals surface area contributed by atoms with Crippen LogP contribution in [0.4, 0.5) is 0 Å². The minimum absolute atomic E-state index is 0.135. The molecular weight excluding hydrogens is 466 g/mol. The van der Waals surface area contributed by atoms with Crippen molar-refractivity contribution in [2.45, 2.75) is 64.7 Å². The molecule has 5 atom stereocenters. The molecule has 2 rings (SSSR count). The zero-order chi connectivity index (χ0) is 27.0. The van der Waals surface area contributed by atoms with Gasteiger partial charge >= 0.3 is 5.97 Å². The van der Waals surface area contributed by atoms with Gasteiger partial charge in [-0.3, -0.25) is 14.4 Å². The molecule has 0 aliphatic heterocycles. The lowest BCUT2D eigenvalue weighted by Gasteiger charge is -2.28. The summed E-state index contributed by atoms with van der Waals surface area (Å²) in [6.07, 6.45) is 2.40. The van der Waals surface area contributed by atoms with Crippen LogP contribution >= 0.6 is 0 Å². The number of hydrogen-bond acceptors (Lipinski definition) is 6. The highest BCUT2D eigenvalue weighted by molar-refractivity contribution is 5.95. The molecule has 0 bridgehead atoms. The minimum Gasteiger partial charge on any atom is -0.480 e. The fraction of sp³-hybridized carbons (Fsp3) is 0.520. The Kier molecular flexibility index (Phi) is 10.4. The van der Waals surface area contributed by atoms with Crippen molar-refractivity contribution in [3.05, 3.63) is 36.0 Å². The van der Waals surface area contributed by atoms with Gasteiger partial charge in [0.2, 0.25) is 17.7 Å². The molecule has 0 aliphatic rings. The van der Waals surface area contributed by atoms with E-state index in [4.69, 9.17) is 5.73 Å². The average Bonchev–Trinajstić information content (AvgIpc) is 3.26. The number of nitrogens with two attached hydrogens (primary N) is 1. The van der Waals surface area contributed by atoms with Crippen LogP contribution in [0.1, 0.15) is 39.7 Å². The Hall–Kier alpha value is -3.44. The zero-order valence-corrected chi connectivity index (χ0v) is 21.1. The molecule has 11 heteroatoms. The van der Waals surface area contributed by atoms with Gasteiger partial charge in [-0.05, 0) is 23.5 Å². The standard InChI is InChI=1S/C25H37N5O6/c1-5-14(4)21(24(34)29-19(12-31)25(35)36)30-22(32)18(28-23(33)20(26)13(2)3)10-15-11-27-17-9-7-6-8-16(15)17/h6-9,11,13-14,18-21,27,31H,5,10,12,26H2,1-4H3,(H,28,33)(H,29,34)(H,30,32)(H,35,36)/t14-,18-,19-,20-,21-/m0/s1. The second-order valence-electron chi connectivity index (χ2n) is 9.35.